The quantitative estimate of drug-likeness (QED) is 0.582. The number of hydrogen-bond acceptors (Lipinski definition) is 8. The maximum atomic E-state index is 13.1. The van der Waals surface area contributed by atoms with Crippen molar-refractivity contribution in [3.05, 3.63) is 39.5 Å². The fourth-order valence-electron chi connectivity index (χ4n) is 4.32. The molecule has 2 aromatic rings. The Bertz CT molecular complexity index is 1110. The smallest absolute Gasteiger partial charge is 0.410 e. The largest absolute Gasteiger partial charge is 0.465 e. The predicted molar refractivity (Wildman–Crippen MR) is 133 cm³/mol. The first-order valence-corrected chi connectivity index (χ1v) is 12.2. The summed E-state index contributed by atoms with van der Waals surface area (Å²) < 4.78 is 22.2. The van der Waals surface area contributed by atoms with Gasteiger partial charge in [0.25, 0.3) is 0 Å². The van der Waals surface area contributed by atoms with Gasteiger partial charge >= 0.3 is 12.1 Å². The lowest BCUT2D eigenvalue weighted by Crippen LogP contribution is -2.37. The number of carbonyl (C=O) groups is 2. The Kier molecular flexibility index (Phi) is 8.43. The molecular formula is C26H36N2O7. The summed E-state index contributed by atoms with van der Waals surface area (Å²) in [6.07, 6.45) is 0.986. The van der Waals surface area contributed by atoms with Crippen molar-refractivity contribution in [1.82, 2.24) is 4.90 Å². The van der Waals surface area contributed by atoms with E-state index < -0.39 is 23.7 Å². The van der Waals surface area contributed by atoms with Gasteiger partial charge in [0.05, 0.1) is 37.3 Å². The molecule has 1 aromatic heterocycles. The summed E-state index contributed by atoms with van der Waals surface area (Å²) >= 11 is 0. The van der Waals surface area contributed by atoms with Crippen molar-refractivity contribution in [1.29, 1.82) is 0 Å². The lowest BCUT2D eigenvalue weighted by atomic mass is 9.98. The third kappa shape index (κ3) is 5.96. The molecule has 35 heavy (non-hydrogen) atoms. The molecule has 3 heterocycles. The molecule has 2 fully saturated rings. The lowest BCUT2D eigenvalue weighted by Gasteiger charge is -2.30. The molecule has 0 N–H and O–H groups in total. The van der Waals surface area contributed by atoms with Gasteiger partial charge in [-0.05, 0) is 45.7 Å². The standard InChI is InChI=1S/C24H30N2O7.C2H6/c1-24(2,3)33-23(29)26-7-5-6-18(26)16-12-15(22(28)30-4)13-17-19(27)14-20(32-21(16)17)25-8-10-31-11-9-25;1-2/h12-14,18H,5-11H2,1-4H3;1-2H3. The van der Waals surface area contributed by atoms with E-state index in [1.165, 1.54) is 19.2 Å². The summed E-state index contributed by atoms with van der Waals surface area (Å²) in [4.78, 5) is 42.0. The van der Waals surface area contributed by atoms with Crippen molar-refractivity contribution in [3.63, 3.8) is 0 Å². The fourth-order valence-corrected chi connectivity index (χ4v) is 4.32. The van der Waals surface area contributed by atoms with Crippen LogP contribution in [0.1, 0.15) is 69.4 Å². The zero-order chi connectivity index (χ0) is 25.8. The number of ether oxygens (including phenoxy) is 3. The van der Waals surface area contributed by atoms with Gasteiger partial charge in [0.2, 0.25) is 0 Å². The number of anilines is 1. The Balaban J connectivity index is 0.00000167. The molecule has 4 rings (SSSR count). The van der Waals surface area contributed by atoms with E-state index in [1.54, 1.807) is 11.0 Å². The van der Waals surface area contributed by atoms with Crippen LogP contribution >= 0.6 is 0 Å². The molecule has 0 bridgehead atoms. The number of carbonyl (C=O) groups excluding carboxylic acids is 2. The predicted octanol–water partition coefficient (Wildman–Crippen LogP) is 4.51. The minimum atomic E-state index is -0.643. The van der Waals surface area contributed by atoms with Gasteiger partial charge in [0, 0.05) is 31.3 Å². The van der Waals surface area contributed by atoms with Gasteiger partial charge in [0.1, 0.15) is 11.2 Å². The van der Waals surface area contributed by atoms with Crippen LogP contribution in [0.5, 0.6) is 0 Å². The number of likely N-dealkylation sites (tertiary alicyclic amines) is 1. The molecular weight excluding hydrogens is 452 g/mol. The SMILES string of the molecule is CC.COC(=O)c1cc(C2CCCN2C(=O)OC(C)(C)C)c2oc(N3CCOCC3)cc(=O)c2c1. The zero-order valence-corrected chi connectivity index (χ0v) is 21.5. The van der Waals surface area contributed by atoms with Gasteiger partial charge < -0.3 is 28.4 Å². The maximum Gasteiger partial charge on any atom is 0.410 e. The second-order valence-electron chi connectivity index (χ2n) is 9.31. The number of fused-ring (bicyclic) bond motifs is 1. The molecule has 0 aliphatic carbocycles. The number of benzene rings is 1. The van der Waals surface area contributed by atoms with E-state index in [4.69, 9.17) is 18.6 Å². The topological polar surface area (TPSA) is 98.5 Å². The van der Waals surface area contributed by atoms with E-state index >= 15 is 0 Å². The van der Waals surface area contributed by atoms with Gasteiger partial charge in [-0.3, -0.25) is 4.79 Å². The molecule has 2 aliphatic rings. The molecule has 0 spiro atoms. The van der Waals surface area contributed by atoms with Crippen molar-refractivity contribution in [2.45, 2.75) is 59.1 Å². The highest BCUT2D eigenvalue weighted by molar-refractivity contribution is 5.95. The normalized spacial score (nSPS) is 18.2. The van der Waals surface area contributed by atoms with Gasteiger partial charge in [-0.25, -0.2) is 9.59 Å². The van der Waals surface area contributed by atoms with E-state index in [0.717, 1.165) is 6.42 Å². The van der Waals surface area contributed by atoms with Crippen LogP contribution in [0.15, 0.2) is 27.4 Å². The highest BCUT2D eigenvalue weighted by atomic mass is 16.6. The van der Waals surface area contributed by atoms with Gasteiger partial charge in [-0.15, -0.1) is 0 Å². The first-order valence-electron chi connectivity index (χ1n) is 12.2. The van der Waals surface area contributed by atoms with Crippen LogP contribution in [-0.2, 0) is 14.2 Å². The molecule has 9 nitrogen and oxygen atoms in total. The van der Waals surface area contributed by atoms with Crippen molar-refractivity contribution in [3.8, 4) is 0 Å². The summed E-state index contributed by atoms with van der Waals surface area (Å²) in [5, 5.41) is 0.279. The van der Waals surface area contributed by atoms with Crippen LogP contribution in [0, 0.1) is 0 Å². The first kappa shape index (κ1) is 26.5. The van der Waals surface area contributed by atoms with Crippen LogP contribution in [0.2, 0.25) is 0 Å². The second-order valence-corrected chi connectivity index (χ2v) is 9.31. The Labute approximate surface area is 205 Å². The summed E-state index contributed by atoms with van der Waals surface area (Å²) in [6.45, 7) is 12.3. The summed E-state index contributed by atoms with van der Waals surface area (Å²) in [7, 11) is 1.29. The Morgan fingerprint density at radius 1 is 1.06 bits per heavy atom. The Hall–Kier alpha value is -3.07. The maximum absolute atomic E-state index is 13.1. The summed E-state index contributed by atoms with van der Waals surface area (Å²) in [5.74, 6) is -0.110. The van der Waals surface area contributed by atoms with Crippen LogP contribution < -0.4 is 10.3 Å². The number of amides is 1. The van der Waals surface area contributed by atoms with Crippen molar-refractivity contribution in [2.24, 2.45) is 0 Å². The van der Waals surface area contributed by atoms with E-state index in [2.05, 4.69) is 0 Å². The Morgan fingerprint density at radius 2 is 1.74 bits per heavy atom. The molecule has 1 aromatic carbocycles. The van der Waals surface area contributed by atoms with E-state index in [1.807, 2.05) is 39.5 Å². The molecule has 1 amide bonds. The molecule has 9 heteroatoms. The lowest BCUT2D eigenvalue weighted by molar-refractivity contribution is 0.0225. The monoisotopic (exact) mass is 488 g/mol. The summed E-state index contributed by atoms with van der Waals surface area (Å²) in [6, 6.07) is 4.20. The zero-order valence-electron chi connectivity index (χ0n) is 21.5. The van der Waals surface area contributed by atoms with Gasteiger partial charge in [-0.2, -0.15) is 0 Å². The minimum Gasteiger partial charge on any atom is -0.465 e. The van der Waals surface area contributed by atoms with E-state index in [-0.39, 0.29) is 16.4 Å². The van der Waals surface area contributed by atoms with E-state index in [9.17, 15) is 14.4 Å². The van der Waals surface area contributed by atoms with Crippen LogP contribution in [0.25, 0.3) is 11.0 Å². The van der Waals surface area contributed by atoms with Gasteiger partial charge in [-0.1, -0.05) is 13.8 Å². The highest BCUT2D eigenvalue weighted by Gasteiger charge is 2.35. The fraction of sp³-hybridized carbons (Fsp3) is 0.577. The molecule has 2 saturated heterocycles. The molecule has 1 atom stereocenters. The molecule has 0 radical (unpaired) electrons. The number of nitrogens with zero attached hydrogens (tertiary/aromatic N) is 2. The average molecular weight is 489 g/mol. The van der Waals surface area contributed by atoms with E-state index in [0.29, 0.717) is 56.3 Å². The number of methoxy groups -OCH3 is 1. The third-order valence-corrected chi connectivity index (χ3v) is 5.83. The van der Waals surface area contributed by atoms with Crippen molar-refractivity contribution < 1.29 is 28.2 Å². The van der Waals surface area contributed by atoms with Gasteiger partial charge in [0.15, 0.2) is 11.3 Å². The van der Waals surface area contributed by atoms with Crippen LogP contribution in [-0.4, -0.2) is 62.5 Å². The van der Waals surface area contributed by atoms with Crippen molar-refractivity contribution >= 4 is 28.9 Å². The van der Waals surface area contributed by atoms with Crippen LogP contribution in [0.3, 0.4) is 0 Å². The molecule has 2 aliphatic heterocycles. The number of morpholine rings is 1. The molecule has 192 valence electrons. The number of rotatable bonds is 3. The highest BCUT2D eigenvalue weighted by Crippen LogP contribution is 2.38. The Morgan fingerprint density at radius 3 is 2.37 bits per heavy atom. The molecule has 1 unspecified atom stereocenters. The summed E-state index contributed by atoms with van der Waals surface area (Å²) in [5.41, 5.74) is 0.311. The average Bonchev–Trinajstić information content (AvgIpc) is 3.34. The van der Waals surface area contributed by atoms with Crippen LogP contribution in [0.4, 0.5) is 10.7 Å². The third-order valence-electron chi connectivity index (χ3n) is 5.83. The van der Waals surface area contributed by atoms with Crippen molar-refractivity contribution in [2.75, 3.05) is 44.9 Å². The first-order chi connectivity index (χ1) is 16.7. The number of esters is 1. The molecule has 0 saturated carbocycles. The minimum absolute atomic E-state index is 0.238. The second kappa shape index (κ2) is 11.1. The number of hydrogen-bond donors (Lipinski definition) is 0.